The van der Waals surface area contributed by atoms with Crippen molar-refractivity contribution in [2.75, 3.05) is 0 Å². The van der Waals surface area contributed by atoms with Crippen LogP contribution in [-0.2, 0) is 37.3 Å². The molecule has 3 aromatic heterocycles. The molecule has 12 aromatic carbocycles. The van der Waals surface area contributed by atoms with Gasteiger partial charge in [-0.2, -0.15) is 18.2 Å². The van der Waals surface area contributed by atoms with Gasteiger partial charge in [-0.25, -0.2) is 4.98 Å². The molecule has 0 bridgehead atoms. The fraction of sp³-hybridized carbons (Fsp3) is 0.133. The predicted octanol–water partition coefficient (Wildman–Crippen LogP) is 19.5. The number of ether oxygens (including phenoxy) is 1. The Balaban J connectivity index is 0.0000104. The van der Waals surface area contributed by atoms with E-state index in [0.29, 0.717) is 50.6 Å². The van der Waals surface area contributed by atoms with Crippen molar-refractivity contribution in [1.82, 2.24) is 14.1 Å². The number of nitrogens with zero attached hydrogens (tertiary/aromatic N) is 4. The third kappa shape index (κ3) is 11.0. The number of pyridine rings is 1. The van der Waals surface area contributed by atoms with Gasteiger partial charge < -0.3 is 13.9 Å². The Hall–Kier alpha value is -10.2. The molecule has 0 unspecified atom stereocenters. The van der Waals surface area contributed by atoms with Crippen LogP contribution in [0.4, 0.5) is 0 Å². The molecule has 15 aromatic rings. The Bertz CT molecular complexity index is 6510. The van der Waals surface area contributed by atoms with E-state index in [4.69, 9.17) is 13.8 Å². The molecule has 476 valence electrons. The average Bonchev–Trinajstić information content (AvgIpc) is 1.35. The van der Waals surface area contributed by atoms with Crippen molar-refractivity contribution in [2.24, 2.45) is 0 Å². The van der Waals surface area contributed by atoms with Gasteiger partial charge in [0.05, 0.1) is 41.4 Å². The molecular weight excluding hydrogens is 1380 g/mol. The summed E-state index contributed by atoms with van der Waals surface area (Å²) in [5, 5.41) is -1.44. The summed E-state index contributed by atoms with van der Waals surface area (Å²) in [5.41, 5.74) is 11.6. The second-order valence-electron chi connectivity index (χ2n) is 27.4. The van der Waals surface area contributed by atoms with Gasteiger partial charge in [-0.15, -0.1) is 29.7 Å². The van der Waals surface area contributed by atoms with Gasteiger partial charge in [0.1, 0.15) is 5.82 Å². The second kappa shape index (κ2) is 24.4. The largest absolute Gasteiger partial charge is 0.510 e. The molecule has 0 aliphatic carbocycles. The first kappa shape index (κ1) is 45.2. The van der Waals surface area contributed by atoms with Crippen LogP contribution in [0.15, 0.2) is 285 Å². The van der Waals surface area contributed by atoms with Gasteiger partial charge in [0.15, 0.2) is 8.07 Å². The first-order chi connectivity index (χ1) is 53.9. The van der Waals surface area contributed by atoms with Crippen molar-refractivity contribution >= 4 is 61.7 Å². The quantitative estimate of drug-likeness (QED) is 0.0592. The van der Waals surface area contributed by atoms with Crippen molar-refractivity contribution in [3.63, 3.8) is 0 Å². The number of benzene rings is 12. The molecule has 5 nitrogen and oxygen atoms in total. The number of hydrogen-bond donors (Lipinski definition) is 0. The number of rotatable bonds is 10. The van der Waals surface area contributed by atoms with Crippen LogP contribution < -0.4 is 30.1 Å². The molecule has 1 aliphatic rings. The van der Waals surface area contributed by atoms with E-state index in [2.05, 4.69) is 134 Å². The molecule has 1 aliphatic heterocycles. The van der Waals surface area contributed by atoms with Crippen molar-refractivity contribution < 1.29 is 55.0 Å². The summed E-state index contributed by atoms with van der Waals surface area (Å²) in [6.07, 6.45) is 5.67. The molecule has 0 saturated heterocycles. The van der Waals surface area contributed by atoms with Crippen molar-refractivity contribution in [1.29, 1.82) is 0 Å². The minimum atomic E-state index is -6.14. The zero-order valence-corrected chi connectivity index (χ0v) is 58.0. The van der Waals surface area contributed by atoms with Crippen LogP contribution in [0, 0.1) is 18.5 Å². The molecule has 97 heavy (non-hydrogen) atoms. The third-order valence-corrected chi connectivity index (χ3v) is 22.3. The topological polar surface area (TPSA) is 35.9 Å². The van der Waals surface area contributed by atoms with Gasteiger partial charge in [-0.3, -0.25) is 4.57 Å². The van der Waals surface area contributed by atoms with Gasteiger partial charge in [0.2, 0.25) is 0 Å². The first-order valence-corrected chi connectivity index (χ1v) is 33.9. The Morgan fingerprint density at radius 2 is 1.01 bits per heavy atom. The summed E-state index contributed by atoms with van der Waals surface area (Å²) in [6.45, 7) is 19.6. The molecule has 0 radical (unpaired) electrons. The fourth-order valence-electron chi connectivity index (χ4n) is 13.4. The minimum Gasteiger partial charge on any atom is -0.510 e. The zero-order chi connectivity index (χ0) is 81.3. The van der Waals surface area contributed by atoms with Crippen LogP contribution in [0.1, 0.15) is 104 Å². The van der Waals surface area contributed by atoms with E-state index in [-0.39, 0.29) is 48.6 Å². The molecule has 0 spiro atoms. The molecule has 0 atom stereocenters. The SMILES string of the molecule is [2H]c1cc([2H])c([Si](c2c([2H])c([2H])c([2H])c([2H])c2[2H])(c2c([2H])c([2H])c([2H])c([2H])c2[2H])c2c([2H])c([2H])c([2H])c(-c3cc4c5c(c3)n(-c3[c-]c(Oc6[c-]c7c(cc6)c6ccccc6n7-c6cc(C(C)(C)C)ccn6)ccc3)[c-][n+]5-c3c(-c5cc(C(C)(C)C)cc(C(C)(C)C)c5)cccc3-c3ccccc3-c3ccccc3-4)c2[2H])c([2H])c1[2H].[Pt]. The van der Waals surface area contributed by atoms with Crippen LogP contribution in [-0.4, -0.2) is 22.2 Å². The number of fused-ring (bicyclic) bond motifs is 10. The van der Waals surface area contributed by atoms with Crippen molar-refractivity contribution in [3.05, 3.63) is 320 Å². The molecule has 0 saturated carbocycles. The summed E-state index contributed by atoms with van der Waals surface area (Å²) in [6, 6.07) is 44.5. The molecule has 4 heterocycles. The van der Waals surface area contributed by atoms with Gasteiger partial charge in [0.25, 0.3) is 6.33 Å². The Labute approximate surface area is 610 Å². The minimum absolute atomic E-state index is 0. The third-order valence-electron chi connectivity index (χ3n) is 18.3. The predicted molar refractivity (Wildman–Crippen MR) is 400 cm³/mol. The van der Waals surface area contributed by atoms with Crippen LogP contribution in [0.5, 0.6) is 11.5 Å². The van der Waals surface area contributed by atoms with Gasteiger partial charge in [0, 0.05) is 44.3 Å². The summed E-state index contributed by atoms with van der Waals surface area (Å²) in [4.78, 5) is 4.90. The molecule has 0 N–H and O–H groups in total. The summed E-state index contributed by atoms with van der Waals surface area (Å²) in [5.74, 6) is 1.29. The molecule has 0 amide bonds. The van der Waals surface area contributed by atoms with Crippen LogP contribution in [0.2, 0.25) is 0 Å². The number of aromatic nitrogens is 4. The van der Waals surface area contributed by atoms with E-state index in [0.717, 1.165) is 72.4 Å². The number of imidazole rings is 1. The Morgan fingerprint density at radius 3 is 1.69 bits per heavy atom. The van der Waals surface area contributed by atoms with Gasteiger partial charge in [-0.1, -0.05) is 292 Å². The normalized spacial score (nSPS) is 14.9. The van der Waals surface area contributed by atoms with Crippen LogP contribution in [0.3, 0.4) is 0 Å². The van der Waals surface area contributed by atoms with Crippen LogP contribution in [0.25, 0.3) is 106 Å². The van der Waals surface area contributed by atoms with E-state index < -0.39 is 143 Å². The Morgan fingerprint density at radius 1 is 0.433 bits per heavy atom. The summed E-state index contributed by atoms with van der Waals surface area (Å²) >= 11 is 0. The first-order valence-electron chi connectivity index (χ1n) is 40.9. The smallest absolute Gasteiger partial charge is 0.268 e. The monoisotopic (exact) mass is 1470 g/mol. The molecule has 0 fully saturated rings. The number of hydrogen-bond acceptors (Lipinski definition) is 2. The fourth-order valence-corrected chi connectivity index (χ4v) is 17.0. The van der Waals surface area contributed by atoms with E-state index in [1.54, 1.807) is 22.8 Å². The maximum absolute atomic E-state index is 11.1. The molecule has 16 rings (SSSR count). The molecule has 7 heteroatoms. The Kier molecular flexibility index (Phi) is 11.4. The van der Waals surface area contributed by atoms with Crippen molar-refractivity contribution in [2.45, 2.75) is 78.6 Å². The number of para-hydroxylation sites is 2. The van der Waals surface area contributed by atoms with E-state index in [9.17, 15) is 20.6 Å². The van der Waals surface area contributed by atoms with Crippen LogP contribution >= 0.6 is 0 Å². The summed E-state index contributed by atoms with van der Waals surface area (Å²) < 4.78 is 187. The second-order valence-corrected chi connectivity index (χ2v) is 30.9. The maximum Gasteiger partial charge on any atom is 0.268 e. The maximum atomic E-state index is 11.1. The van der Waals surface area contributed by atoms with Gasteiger partial charge >= 0.3 is 0 Å². The molecular formula is C90H74N4OPtSi-2. The van der Waals surface area contributed by atoms with E-state index >= 15 is 0 Å². The zero-order valence-electron chi connectivity index (χ0n) is 72.8. The standard InChI is InChI=1S/C90H74N4OSi.Pt/c1-88(2,3)63-48-49-91-85(56-63)94-82-45-24-23-42-78(82)79-47-46-68(58-83(79)94)95-67-30-26-29-66(57-67)92-59-93-86-73(62-50-64(89(4,5)6)55-65(51-62)90(7,8)9)43-27-44-80(86)76-40-21-19-38-74(76)75-39-20-22-41-77(75)81-53-61(54-84(92)87(81)93)60-28-25-37-72(52-60)96(69-31-13-10-14-32-69,70-33-15-11-16-34-70)71-35-17-12-18-36-71;/h10-56H,1-9H3;/q-2;/i10D,11D,12D,13D,14D,15D,16D,17D,25D,28D,31D,32D,33D,34D,35D,36D,37D,52D;. The van der Waals surface area contributed by atoms with Gasteiger partial charge in [-0.05, 0) is 145 Å². The van der Waals surface area contributed by atoms with Crippen molar-refractivity contribution in [3.8, 4) is 84.3 Å². The van der Waals surface area contributed by atoms with E-state index in [1.807, 2.05) is 108 Å². The van der Waals surface area contributed by atoms with E-state index in [1.165, 1.54) is 0 Å². The average molecular weight is 1470 g/mol. The summed E-state index contributed by atoms with van der Waals surface area (Å²) in [7, 11) is -6.14.